The van der Waals surface area contributed by atoms with Crippen LogP contribution in [0.15, 0.2) is 36.4 Å². The van der Waals surface area contributed by atoms with Gasteiger partial charge in [-0.05, 0) is 60.1 Å². The van der Waals surface area contributed by atoms with Crippen LogP contribution in [-0.2, 0) is 0 Å². The van der Waals surface area contributed by atoms with Gasteiger partial charge in [0.25, 0.3) is 0 Å². The van der Waals surface area contributed by atoms with Gasteiger partial charge in [-0.15, -0.1) is 0 Å². The second kappa shape index (κ2) is 6.19. The Hall–Kier alpha value is -2.10. The summed E-state index contributed by atoms with van der Waals surface area (Å²) < 4.78 is 54.0. The lowest BCUT2D eigenvalue weighted by Gasteiger charge is -2.19. The molecule has 4 heteroatoms. The third-order valence-corrected chi connectivity index (χ3v) is 4.31. The lowest BCUT2D eigenvalue weighted by Crippen LogP contribution is -2.01. The molecule has 2 aromatic rings. The van der Waals surface area contributed by atoms with Crippen molar-refractivity contribution in [1.82, 2.24) is 0 Å². The van der Waals surface area contributed by atoms with Crippen molar-refractivity contribution >= 4 is 5.57 Å². The van der Waals surface area contributed by atoms with E-state index >= 15 is 0 Å². The van der Waals surface area contributed by atoms with Crippen molar-refractivity contribution in [3.63, 3.8) is 0 Å². The van der Waals surface area contributed by atoms with Crippen molar-refractivity contribution in [1.29, 1.82) is 0 Å². The summed E-state index contributed by atoms with van der Waals surface area (Å²) in [6.07, 6.45) is 5.02. The Bertz CT molecular complexity index is 754. The van der Waals surface area contributed by atoms with E-state index in [-0.39, 0.29) is 11.1 Å². The minimum atomic E-state index is -1.55. The van der Waals surface area contributed by atoms with E-state index in [0.717, 1.165) is 42.5 Å². The van der Waals surface area contributed by atoms with Gasteiger partial charge in [-0.25, -0.2) is 17.6 Å². The zero-order valence-corrected chi connectivity index (χ0v) is 12.7. The molecule has 3 rings (SSSR count). The molecule has 1 aliphatic carbocycles. The fraction of sp³-hybridized carbons (Fsp3) is 0.263. The van der Waals surface area contributed by atoms with Crippen LogP contribution < -0.4 is 0 Å². The predicted molar refractivity (Wildman–Crippen MR) is 82.7 cm³/mol. The molecule has 1 aliphatic rings. The van der Waals surface area contributed by atoms with Gasteiger partial charge in [-0.1, -0.05) is 25.1 Å². The normalized spacial score (nSPS) is 18.0. The number of benzene rings is 2. The first-order chi connectivity index (χ1) is 11.0. The standard InChI is InChI=1S/C19H16F4/c1-11-2-4-12(5-3-11)13-6-7-15(16(20)8-13)14-9-17(21)19(23)18(22)10-14/h4,6-11H,2-3,5H2,1H3. The summed E-state index contributed by atoms with van der Waals surface area (Å²) in [5.74, 6) is -4.15. The molecule has 1 unspecified atom stereocenters. The van der Waals surface area contributed by atoms with Gasteiger partial charge in [0.1, 0.15) is 5.82 Å². The summed E-state index contributed by atoms with van der Waals surface area (Å²) >= 11 is 0. The maximum Gasteiger partial charge on any atom is 0.194 e. The van der Waals surface area contributed by atoms with Crippen LogP contribution in [0.2, 0.25) is 0 Å². The molecular formula is C19H16F4. The van der Waals surface area contributed by atoms with E-state index in [2.05, 4.69) is 13.0 Å². The molecule has 0 saturated heterocycles. The van der Waals surface area contributed by atoms with E-state index < -0.39 is 23.3 Å². The first-order valence-electron chi connectivity index (χ1n) is 7.59. The van der Waals surface area contributed by atoms with Gasteiger partial charge >= 0.3 is 0 Å². The Morgan fingerprint density at radius 2 is 1.52 bits per heavy atom. The average Bonchev–Trinajstić information content (AvgIpc) is 2.53. The van der Waals surface area contributed by atoms with E-state index in [1.807, 2.05) is 0 Å². The van der Waals surface area contributed by atoms with Crippen molar-refractivity contribution in [3.8, 4) is 11.1 Å². The van der Waals surface area contributed by atoms with Crippen LogP contribution in [0.5, 0.6) is 0 Å². The van der Waals surface area contributed by atoms with Gasteiger partial charge in [0.05, 0.1) is 0 Å². The molecule has 120 valence electrons. The van der Waals surface area contributed by atoms with Crippen molar-refractivity contribution in [2.24, 2.45) is 5.92 Å². The summed E-state index contributed by atoms with van der Waals surface area (Å²) in [5, 5.41) is 0. The molecule has 0 aromatic heterocycles. The first kappa shape index (κ1) is 15.8. The fourth-order valence-corrected chi connectivity index (χ4v) is 2.89. The Labute approximate surface area is 132 Å². The Kier molecular flexibility index (Phi) is 4.24. The molecule has 0 spiro atoms. The molecular weight excluding hydrogens is 304 g/mol. The number of halogens is 4. The van der Waals surface area contributed by atoms with E-state index in [4.69, 9.17) is 0 Å². The molecule has 1 atom stereocenters. The lowest BCUT2D eigenvalue weighted by molar-refractivity contribution is 0.447. The van der Waals surface area contributed by atoms with Crippen molar-refractivity contribution < 1.29 is 17.6 Å². The minimum Gasteiger partial charge on any atom is -0.206 e. The van der Waals surface area contributed by atoms with Crippen LogP contribution >= 0.6 is 0 Å². The molecule has 0 nitrogen and oxygen atoms in total. The largest absolute Gasteiger partial charge is 0.206 e. The highest BCUT2D eigenvalue weighted by molar-refractivity contribution is 5.71. The lowest BCUT2D eigenvalue weighted by atomic mass is 9.87. The van der Waals surface area contributed by atoms with E-state index in [1.165, 1.54) is 12.1 Å². The molecule has 0 amide bonds. The van der Waals surface area contributed by atoms with Crippen molar-refractivity contribution in [2.75, 3.05) is 0 Å². The number of rotatable bonds is 2. The summed E-state index contributed by atoms with van der Waals surface area (Å²) in [5.41, 5.74) is 1.90. The first-order valence-corrected chi connectivity index (χ1v) is 7.59. The average molecular weight is 320 g/mol. The van der Waals surface area contributed by atoms with Gasteiger partial charge in [0, 0.05) is 5.56 Å². The molecule has 23 heavy (non-hydrogen) atoms. The van der Waals surface area contributed by atoms with E-state index in [0.29, 0.717) is 5.92 Å². The van der Waals surface area contributed by atoms with Crippen LogP contribution in [0.25, 0.3) is 16.7 Å². The predicted octanol–water partition coefficient (Wildman–Crippen LogP) is 6.11. The molecule has 0 radical (unpaired) electrons. The van der Waals surface area contributed by atoms with Crippen molar-refractivity contribution in [2.45, 2.75) is 26.2 Å². The van der Waals surface area contributed by atoms with Crippen LogP contribution in [0.1, 0.15) is 31.7 Å². The van der Waals surface area contributed by atoms with Crippen LogP contribution in [-0.4, -0.2) is 0 Å². The summed E-state index contributed by atoms with van der Waals surface area (Å²) in [4.78, 5) is 0. The van der Waals surface area contributed by atoms with Crippen LogP contribution in [0.3, 0.4) is 0 Å². The molecule has 2 aromatic carbocycles. The zero-order chi connectivity index (χ0) is 16.6. The summed E-state index contributed by atoms with van der Waals surface area (Å²) in [7, 11) is 0. The second-order valence-electron chi connectivity index (χ2n) is 6.06. The SMILES string of the molecule is CC1CC=C(c2ccc(-c3cc(F)c(F)c(F)c3)c(F)c2)CC1. The molecule has 0 fully saturated rings. The maximum absolute atomic E-state index is 14.4. The smallest absolute Gasteiger partial charge is 0.194 e. The van der Waals surface area contributed by atoms with E-state index in [1.54, 1.807) is 6.07 Å². The topological polar surface area (TPSA) is 0 Å². The zero-order valence-electron chi connectivity index (χ0n) is 12.7. The van der Waals surface area contributed by atoms with Gasteiger partial charge in [0.2, 0.25) is 0 Å². The number of hydrogen-bond donors (Lipinski definition) is 0. The monoisotopic (exact) mass is 320 g/mol. The van der Waals surface area contributed by atoms with Gasteiger partial charge in [0.15, 0.2) is 17.5 Å². The van der Waals surface area contributed by atoms with Gasteiger partial charge in [-0.2, -0.15) is 0 Å². The maximum atomic E-state index is 14.4. The highest BCUT2D eigenvalue weighted by Gasteiger charge is 2.16. The molecule has 0 heterocycles. The Morgan fingerprint density at radius 3 is 2.09 bits per heavy atom. The highest BCUT2D eigenvalue weighted by atomic mass is 19.2. The summed E-state index contributed by atoms with van der Waals surface area (Å²) in [6, 6.07) is 6.20. The Morgan fingerprint density at radius 1 is 0.870 bits per heavy atom. The third kappa shape index (κ3) is 3.16. The minimum absolute atomic E-state index is 0.0169. The third-order valence-electron chi connectivity index (χ3n) is 4.31. The van der Waals surface area contributed by atoms with E-state index in [9.17, 15) is 17.6 Å². The molecule has 0 N–H and O–H groups in total. The molecule has 0 aliphatic heterocycles. The molecule has 0 bridgehead atoms. The van der Waals surface area contributed by atoms with Gasteiger partial charge in [-0.3, -0.25) is 0 Å². The number of allylic oxidation sites excluding steroid dienone is 2. The Balaban J connectivity index is 1.97. The van der Waals surface area contributed by atoms with Crippen LogP contribution in [0, 0.1) is 29.2 Å². The van der Waals surface area contributed by atoms with Crippen LogP contribution in [0.4, 0.5) is 17.6 Å². The fourth-order valence-electron chi connectivity index (χ4n) is 2.89. The highest BCUT2D eigenvalue weighted by Crippen LogP contribution is 2.33. The second-order valence-corrected chi connectivity index (χ2v) is 6.06. The number of hydrogen-bond acceptors (Lipinski definition) is 0. The van der Waals surface area contributed by atoms with Gasteiger partial charge < -0.3 is 0 Å². The summed E-state index contributed by atoms with van der Waals surface area (Å²) in [6.45, 7) is 2.18. The molecule has 0 saturated carbocycles. The quantitative estimate of drug-likeness (QED) is 0.462. The van der Waals surface area contributed by atoms with Crippen molar-refractivity contribution in [3.05, 3.63) is 65.2 Å².